The van der Waals surface area contributed by atoms with E-state index in [0.717, 1.165) is 44.9 Å². The average molecular weight is 474 g/mol. The summed E-state index contributed by atoms with van der Waals surface area (Å²) in [5, 5.41) is 0.665. The zero-order valence-corrected chi connectivity index (χ0v) is 18.4. The molecule has 0 saturated carbocycles. The van der Waals surface area contributed by atoms with E-state index in [1.807, 2.05) is 18.2 Å². The van der Waals surface area contributed by atoms with Crippen molar-refractivity contribution in [3.05, 3.63) is 70.2 Å². The first-order valence-electron chi connectivity index (χ1n) is 9.72. The molecule has 4 nitrogen and oxygen atoms in total. The predicted molar refractivity (Wildman–Crippen MR) is 118 cm³/mol. The summed E-state index contributed by atoms with van der Waals surface area (Å²) in [5.41, 5.74) is 0.928. The van der Waals surface area contributed by atoms with Gasteiger partial charge in [0, 0.05) is 50.1 Å². The second kappa shape index (κ2) is 10.6. The quantitative estimate of drug-likeness (QED) is 0.669. The van der Waals surface area contributed by atoms with E-state index < -0.39 is 17.6 Å². The van der Waals surface area contributed by atoms with E-state index in [9.17, 15) is 18.0 Å². The largest absolute Gasteiger partial charge is 0.416 e. The van der Waals surface area contributed by atoms with Crippen molar-refractivity contribution in [2.75, 3.05) is 32.7 Å². The monoisotopic (exact) mass is 473 g/mol. The van der Waals surface area contributed by atoms with Crippen LogP contribution in [0.2, 0.25) is 0 Å². The Morgan fingerprint density at radius 3 is 2.19 bits per heavy atom. The van der Waals surface area contributed by atoms with Crippen LogP contribution in [0, 0.1) is 0 Å². The Labute approximate surface area is 191 Å². The normalized spacial score (nSPS) is 16.9. The lowest BCUT2D eigenvalue weighted by Gasteiger charge is -2.34. The minimum atomic E-state index is -4.43. The number of carbonyl (C=O) groups excluding carboxylic acids is 1. The van der Waals surface area contributed by atoms with Gasteiger partial charge in [-0.2, -0.15) is 13.2 Å². The van der Waals surface area contributed by atoms with Gasteiger partial charge in [-0.15, -0.1) is 24.8 Å². The number of alkyl halides is 3. The molecular weight excluding hydrogens is 450 g/mol. The fourth-order valence-corrected chi connectivity index (χ4v) is 3.87. The molecule has 0 aliphatic carbocycles. The molecule has 0 spiro atoms. The number of nitrogens with zero attached hydrogens (tertiary/aromatic N) is 3. The second-order valence-electron chi connectivity index (χ2n) is 7.48. The molecule has 0 unspecified atom stereocenters. The molecule has 0 atom stereocenters. The summed E-state index contributed by atoms with van der Waals surface area (Å²) in [5.74, 6) is -0.415. The maximum absolute atomic E-state index is 13.0. The van der Waals surface area contributed by atoms with Gasteiger partial charge in [0.2, 0.25) is 0 Å². The highest BCUT2D eigenvalue weighted by molar-refractivity contribution is 6.15. The van der Waals surface area contributed by atoms with Crippen LogP contribution < -0.4 is 10.6 Å². The van der Waals surface area contributed by atoms with E-state index >= 15 is 0 Å². The molecule has 0 N–H and O–H groups in total. The number of benzene rings is 2. The predicted octanol–water partition coefficient (Wildman–Crippen LogP) is 3.07. The van der Waals surface area contributed by atoms with Crippen molar-refractivity contribution >= 4 is 36.3 Å². The first-order valence-corrected chi connectivity index (χ1v) is 9.72. The van der Waals surface area contributed by atoms with Crippen LogP contribution in [0.15, 0.2) is 53.5 Å². The maximum atomic E-state index is 13.0. The molecule has 4 rings (SSSR count). The molecule has 1 amide bonds. The summed E-state index contributed by atoms with van der Waals surface area (Å²) in [6.07, 6.45) is -4.02. The Bertz CT molecular complexity index is 1020. The van der Waals surface area contributed by atoms with Crippen molar-refractivity contribution in [1.82, 2.24) is 9.80 Å². The van der Waals surface area contributed by atoms with Crippen LogP contribution in [0.25, 0.3) is 5.57 Å². The summed E-state index contributed by atoms with van der Waals surface area (Å²) in [7, 11) is 0. The average Bonchev–Trinajstić information content (AvgIpc) is 3.02. The molecular formula is C22H24Cl2F3N3O. The smallest absolute Gasteiger partial charge is 0.300 e. The number of amides is 1. The van der Waals surface area contributed by atoms with Gasteiger partial charge in [0.1, 0.15) is 0 Å². The molecule has 168 valence electrons. The van der Waals surface area contributed by atoms with Crippen molar-refractivity contribution in [3.8, 4) is 0 Å². The van der Waals surface area contributed by atoms with Gasteiger partial charge in [-0.1, -0.05) is 30.3 Å². The van der Waals surface area contributed by atoms with Crippen LogP contribution in [0.5, 0.6) is 0 Å². The van der Waals surface area contributed by atoms with Crippen LogP contribution in [0.4, 0.5) is 13.2 Å². The zero-order valence-electron chi connectivity index (χ0n) is 16.8. The first-order chi connectivity index (χ1) is 13.9. The number of halogens is 5. The van der Waals surface area contributed by atoms with E-state index in [1.165, 1.54) is 11.6 Å². The van der Waals surface area contributed by atoms with Crippen molar-refractivity contribution in [1.29, 1.82) is 0 Å². The van der Waals surface area contributed by atoms with Crippen molar-refractivity contribution < 1.29 is 18.0 Å². The Balaban J connectivity index is 0.00000171. The molecule has 1 saturated heterocycles. The number of piperazine rings is 1. The lowest BCUT2D eigenvalue weighted by molar-refractivity contribution is -0.137. The number of rotatable bonds is 5. The summed E-state index contributed by atoms with van der Waals surface area (Å²) in [4.78, 5) is 20.8. The third-order valence-corrected chi connectivity index (χ3v) is 5.52. The van der Waals surface area contributed by atoms with Crippen molar-refractivity contribution in [2.45, 2.75) is 19.1 Å². The molecule has 2 aromatic rings. The van der Waals surface area contributed by atoms with Gasteiger partial charge in [-0.25, -0.2) is 4.99 Å². The standard InChI is InChI=1S/C22H22F3N3O.2ClH/c23-22(24,25)17-6-7-20-19(14-17)18(21(29)26-20)8-9-27-10-12-28(13-11-27)15-16-4-2-1-3-5-16;;/h1-7,14H,8-13,15H2;2*1H. The van der Waals surface area contributed by atoms with Gasteiger partial charge in [0.25, 0.3) is 5.91 Å². The molecule has 2 aliphatic heterocycles. The van der Waals surface area contributed by atoms with Gasteiger partial charge in [0.05, 0.1) is 10.9 Å². The van der Waals surface area contributed by atoms with Gasteiger partial charge in [0.15, 0.2) is 0 Å². The highest BCUT2D eigenvalue weighted by Crippen LogP contribution is 2.27. The molecule has 9 heteroatoms. The lowest BCUT2D eigenvalue weighted by Crippen LogP contribution is -2.46. The van der Waals surface area contributed by atoms with Crippen LogP contribution in [-0.2, 0) is 17.5 Å². The van der Waals surface area contributed by atoms with E-state index in [1.54, 1.807) is 0 Å². The lowest BCUT2D eigenvalue weighted by atomic mass is 10.1. The molecule has 0 bridgehead atoms. The van der Waals surface area contributed by atoms with Crippen LogP contribution >= 0.6 is 24.8 Å². The molecule has 0 aromatic heterocycles. The topological polar surface area (TPSA) is 35.9 Å². The molecule has 2 aliphatic rings. The zero-order chi connectivity index (χ0) is 20.4. The van der Waals surface area contributed by atoms with E-state index in [-0.39, 0.29) is 24.8 Å². The first kappa shape index (κ1) is 25.3. The van der Waals surface area contributed by atoms with E-state index in [0.29, 0.717) is 29.1 Å². The van der Waals surface area contributed by atoms with Crippen LogP contribution in [0.1, 0.15) is 17.5 Å². The molecule has 2 heterocycles. The molecule has 2 aromatic carbocycles. The van der Waals surface area contributed by atoms with Crippen LogP contribution in [-0.4, -0.2) is 48.4 Å². The second-order valence-corrected chi connectivity index (χ2v) is 7.48. The Morgan fingerprint density at radius 2 is 1.55 bits per heavy atom. The van der Waals surface area contributed by atoms with E-state index in [2.05, 4.69) is 26.9 Å². The third-order valence-electron chi connectivity index (χ3n) is 5.52. The Kier molecular flexibility index (Phi) is 8.65. The van der Waals surface area contributed by atoms with Gasteiger partial charge >= 0.3 is 6.18 Å². The van der Waals surface area contributed by atoms with Crippen LogP contribution in [0.3, 0.4) is 0 Å². The number of hydrogen-bond acceptors (Lipinski definition) is 3. The summed E-state index contributed by atoms with van der Waals surface area (Å²) >= 11 is 0. The summed E-state index contributed by atoms with van der Waals surface area (Å²) in [6.45, 7) is 5.17. The number of carbonyl (C=O) groups is 1. The minimum Gasteiger partial charge on any atom is -0.300 e. The van der Waals surface area contributed by atoms with E-state index in [4.69, 9.17) is 0 Å². The fraction of sp³-hybridized carbons (Fsp3) is 0.364. The van der Waals surface area contributed by atoms with Gasteiger partial charge < -0.3 is 4.90 Å². The highest BCUT2D eigenvalue weighted by atomic mass is 35.5. The maximum Gasteiger partial charge on any atom is 0.416 e. The third kappa shape index (κ3) is 6.07. The highest BCUT2D eigenvalue weighted by Gasteiger charge is 2.31. The Hall–Kier alpha value is -1.93. The Morgan fingerprint density at radius 1 is 0.903 bits per heavy atom. The number of fused-ring (bicyclic) bond motifs is 1. The number of hydrogen-bond donors (Lipinski definition) is 0. The minimum absolute atomic E-state index is 0. The molecule has 1 fully saturated rings. The summed E-state index contributed by atoms with van der Waals surface area (Å²) < 4.78 is 39.0. The SMILES string of the molecule is Cl.Cl.O=C1N=c2ccc(C(F)(F)F)cc2=C1CCN1CCN(Cc2ccccc2)CC1. The fourth-order valence-electron chi connectivity index (χ4n) is 3.87. The summed E-state index contributed by atoms with van der Waals surface area (Å²) in [6, 6.07) is 13.6. The molecule has 0 radical (unpaired) electrons. The van der Waals surface area contributed by atoms with Crippen molar-refractivity contribution in [3.63, 3.8) is 0 Å². The molecule has 31 heavy (non-hydrogen) atoms. The van der Waals surface area contributed by atoms with Crippen molar-refractivity contribution in [2.24, 2.45) is 4.99 Å². The van der Waals surface area contributed by atoms with Gasteiger partial charge in [-0.3, -0.25) is 9.69 Å². The van der Waals surface area contributed by atoms with Gasteiger partial charge in [-0.05, 0) is 30.2 Å².